The van der Waals surface area contributed by atoms with Crippen LogP contribution >= 0.6 is 12.4 Å². The first-order valence-electron chi connectivity index (χ1n) is 8.93. The fourth-order valence-electron chi connectivity index (χ4n) is 2.37. The molecule has 0 saturated heterocycles. The Bertz CT molecular complexity index is 758. The predicted octanol–water partition coefficient (Wildman–Crippen LogP) is 1.40. The lowest BCUT2D eigenvalue weighted by Crippen LogP contribution is -2.51. The molecule has 0 saturated carbocycles. The van der Waals surface area contributed by atoms with Gasteiger partial charge in [-0.05, 0) is 36.5 Å². The normalized spacial score (nSPS) is 13.8. The van der Waals surface area contributed by atoms with Gasteiger partial charge < -0.3 is 16.4 Å². The third-order valence-corrected chi connectivity index (χ3v) is 5.13. The first kappa shape index (κ1) is 26.4. The second-order valence-electron chi connectivity index (χ2n) is 7.92. The van der Waals surface area contributed by atoms with Crippen molar-refractivity contribution in [2.75, 3.05) is 18.6 Å². The summed E-state index contributed by atoms with van der Waals surface area (Å²) in [4.78, 5) is 24.9. The van der Waals surface area contributed by atoms with E-state index in [1.165, 1.54) is 0 Å². The standard InChI is InChI=1S/C19H31N3O4S.ClH/c1-13(12-20)21-18(24)16(10-11-27(5,25)26)22-17(23)14-6-8-15(9-7-14)19(2,3)4;/h6-9,13,16H,10-12,20H2,1-5H3,(H,21,24)(H,22,23);1H/t13-,16?;/m0./s1. The van der Waals surface area contributed by atoms with E-state index in [1.807, 2.05) is 12.1 Å². The minimum absolute atomic E-state index is 0. The van der Waals surface area contributed by atoms with Gasteiger partial charge in [-0.1, -0.05) is 32.9 Å². The summed E-state index contributed by atoms with van der Waals surface area (Å²) < 4.78 is 22.9. The van der Waals surface area contributed by atoms with E-state index in [0.717, 1.165) is 11.8 Å². The molecular weight excluding hydrogens is 402 g/mol. The van der Waals surface area contributed by atoms with Crippen molar-refractivity contribution in [1.29, 1.82) is 0 Å². The zero-order chi connectivity index (χ0) is 20.8. The van der Waals surface area contributed by atoms with Gasteiger partial charge in [0.25, 0.3) is 5.91 Å². The summed E-state index contributed by atoms with van der Waals surface area (Å²) >= 11 is 0. The summed E-state index contributed by atoms with van der Waals surface area (Å²) in [6.45, 7) is 8.20. The van der Waals surface area contributed by atoms with Gasteiger partial charge in [0.05, 0.1) is 5.75 Å². The summed E-state index contributed by atoms with van der Waals surface area (Å²) in [5, 5.41) is 5.32. The molecule has 0 aliphatic heterocycles. The molecule has 0 heterocycles. The number of sulfone groups is 1. The maximum absolute atomic E-state index is 12.5. The van der Waals surface area contributed by atoms with Crippen LogP contribution in [0.15, 0.2) is 24.3 Å². The van der Waals surface area contributed by atoms with Crippen molar-refractivity contribution in [3.63, 3.8) is 0 Å². The SMILES string of the molecule is C[C@@H](CN)NC(=O)C(CCS(C)(=O)=O)NC(=O)c1ccc(C(C)(C)C)cc1.Cl. The van der Waals surface area contributed by atoms with E-state index in [1.54, 1.807) is 19.1 Å². The Labute approximate surface area is 174 Å². The number of hydrogen-bond donors (Lipinski definition) is 3. The maximum atomic E-state index is 12.5. The zero-order valence-corrected chi connectivity index (χ0v) is 18.7. The van der Waals surface area contributed by atoms with Crippen molar-refractivity contribution >= 4 is 34.1 Å². The number of rotatable bonds is 8. The molecule has 0 aliphatic rings. The third kappa shape index (κ3) is 9.03. The fourth-order valence-corrected chi connectivity index (χ4v) is 3.03. The van der Waals surface area contributed by atoms with Gasteiger partial charge in [-0.3, -0.25) is 9.59 Å². The van der Waals surface area contributed by atoms with Crippen molar-refractivity contribution < 1.29 is 18.0 Å². The molecule has 28 heavy (non-hydrogen) atoms. The Morgan fingerprint density at radius 2 is 1.64 bits per heavy atom. The number of nitrogens with two attached hydrogens (primary N) is 1. The maximum Gasteiger partial charge on any atom is 0.251 e. The molecule has 0 aliphatic carbocycles. The van der Waals surface area contributed by atoms with Crippen LogP contribution < -0.4 is 16.4 Å². The molecule has 7 nitrogen and oxygen atoms in total. The molecule has 2 atom stereocenters. The van der Waals surface area contributed by atoms with Crippen LogP contribution in [0, 0.1) is 0 Å². The summed E-state index contributed by atoms with van der Waals surface area (Å²) in [5.74, 6) is -1.08. The minimum Gasteiger partial charge on any atom is -0.351 e. The molecule has 4 N–H and O–H groups in total. The molecule has 0 fully saturated rings. The van der Waals surface area contributed by atoms with E-state index < -0.39 is 27.7 Å². The largest absolute Gasteiger partial charge is 0.351 e. The van der Waals surface area contributed by atoms with E-state index in [0.29, 0.717) is 5.56 Å². The summed E-state index contributed by atoms with van der Waals surface area (Å²) in [6.07, 6.45) is 1.09. The molecular formula is C19H32ClN3O4S. The highest BCUT2D eigenvalue weighted by molar-refractivity contribution is 7.90. The second kappa shape index (κ2) is 10.8. The molecule has 0 aromatic heterocycles. The van der Waals surface area contributed by atoms with Gasteiger partial charge in [0.2, 0.25) is 5.91 Å². The third-order valence-electron chi connectivity index (χ3n) is 4.15. The monoisotopic (exact) mass is 433 g/mol. The molecule has 1 aromatic rings. The minimum atomic E-state index is -3.27. The Balaban J connectivity index is 0.00000729. The van der Waals surface area contributed by atoms with Gasteiger partial charge in [0.15, 0.2) is 0 Å². The van der Waals surface area contributed by atoms with Crippen LogP contribution in [0.5, 0.6) is 0 Å². The number of benzene rings is 1. The number of carbonyl (C=O) groups excluding carboxylic acids is 2. The summed E-state index contributed by atoms with van der Waals surface area (Å²) in [6, 6.07) is 5.91. The fraction of sp³-hybridized carbons (Fsp3) is 0.579. The van der Waals surface area contributed by atoms with E-state index >= 15 is 0 Å². The molecule has 1 rings (SSSR count). The summed E-state index contributed by atoms with van der Waals surface area (Å²) in [5.41, 5.74) is 6.97. The van der Waals surface area contributed by atoms with Crippen molar-refractivity contribution in [3.05, 3.63) is 35.4 Å². The van der Waals surface area contributed by atoms with Crippen molar-refractivity contribution in [2.24, 2.45) is 5.73 Å². The number of halogens is 1. The lowest BCUT2D eigenvalue weighted by Gasteiger charge is -2.21. The van der Waals surface area contributed by atoms with Gasteiger partial charge in [0.1, 0.15) is 15.9 Å². The van der Waals surface area contributed by atoms with E-state index in [9.17, 15) is 18.0 Å². The zero-order valence-electron chi connectivity index (χ0n) is 17.1. The number of nitrogens with one attached hydrogen (secondary N) is 2. The smallest absolute Gasteiger partial charge is 0.251 e. The Kier molecular flexibility index (Phi) is 10.2. The second-order valence-corrected chi connectivity index (χ2v) is 10.2. The Hall–Kier alpha value is -1.64. The highest BCUT2D eigenvalue weighted by Crippen LogP contribution is 2.22. The van der Waals surface area contributed by atoms with Crippen molar-refractivity contribution in [3.8, 4) is 0 Å². The average molecular weight is 434 g/mol. The first-order valence-corrected chi connectivity index (χ1v) is 11.0. The van der Waals surface area contributed by atoms with Gasteiger partial charge in [-0.25, -0.2) is 8.42 Å². The molecule has 0 bridgehead atoms. The lowest BCUT2D eigenvalue weighted by molar-refractivity contribution is -0.123. The molecule has 2 amide bonds. The molecule has 9 heteroatoms. The van der Waals surface area contributed by atoms with Gasteiger partial charge in [-0.15, -0.1) is 12.4 Å². The van der Waals surface area contributed by atoms with Gasteiger partial charge in [0, 0.05) is 24.4 Å². The predicted molar refractivity (Wildman–Crippen MR) is 115 cm³/mol. The quantitative estimate of drug-likeness (QED) is 0.572. The number of hydrogen-bond acceptors (Lipinski definition) is 5. The lowest BCUT2D eigenvalue weighted by atomic mass is 9.86. The Morgan fingerprint density at radius 1 is 1.11 bits per heavy atom. The van der Waals surface area contributed by atoms with E-state index in [4.69, 9.17) is 5.73 Å². The first-order chi connectivity index (χ1) is 12.3. The summed E-state index contributed by atoms with van der Waals surface area (Å²) in [7, 11) is -3.27. The van der Waals surface area contributed by atoms with Gasteiger partial charge >= 0.3 is 0 Å². The van der Waals surface area contributed by atoms with Crippen LogP contribution in [-0.4, -0.2) is 50.9 Å². The molecule has 0 spiro atoms. The highest BCUT2D eigenvalue weighted by atomic mass is 35.5. The highest BCUT2D eigenvalue weighted by Gasteiger charge is 2.24. The number of carbonyl (C=O) groups is 2. The van der Waals surface area contributed by atoms with Crippen molar-refractivity contribution in [1.82, 2.24) is 10.6 Å². The topological polar surface area (TPSA) is 118 Å². The van der Waals surface area contributed by atoms with E-state index in [2.05, 4.69) is 31.4 Å². The Morgan fingerprint density at radius 3 is 2.07 bits per heavy atom. The van der Waals surface area contributed by atoms with Crippen molar-refractivity contribution in [2.45, 2.75) is 51.6 Å². The number of amides is 2. The van der Waals surface area contributed by atoms with Crippen LogP contribution in [0.3, 0.4) is 0 Å². The van der Waals surface area contributed by atoms with Crippen LogP contribution in [-0.2, 0) is 20.0 Å². The van der Waals surface area contributed by atoms with Gasteiger partial charge in [-0.2, -0.15) is 0 Å². The van der Waals surface area contributed by atoms with Crippen LogP contribution in [0.1, 0.15) is 50.0 Å². The molecule has 1 unspecified atom stereocenters. The van der Waals surface area contributed by atoms with Crippen LogP contribution in [0.25, 0.3) is 0 Å². The van der Waals surface area contributed by atoms with Crippen LogP contribution in [0.2, 0.25) is 0 Å². The van der Waals surface area contributed by atoms with Crippen LogP contribution in [0.4, 0.5) is 0 Å². The van der Waals surface area contributed by atoms with E-state index in [-0.39, 0.29) is 42.6 Å². The average Bonchev–Trinajstić information content (AvgIpc) is 2.56. The molecule has 160 valence electrons. The molecule has 0 radical (unpaired) electrons. The molecule has 1 aromatic carbocycles.